The summed E-state index contributed by atoms with van der Waals surface area (Å²) in [6, 6.07) is -3.20. The Balaban J connectivity index is 5.39. The first-order chi connectivity index (χ1) is 12.0. The van der Waals surface area contributed by atoms with Crippen LogP contribution in [-0.2, 0) is 9.59 Å². The van der Waals surface area contributed by atoms with Crippen LogP contribution in [0.5, 0.6) is 0 Å². The van der Waals surface area contributed by atoms with Gasteiger partial charge in [-0.05, 0) is 12.3 Å². The molecular weight excluding hydrogens is 342 g/mol. The highest BCUT2D eigenvalue weighted by atomic mass is 16.2. The van der Waals surface area contributed by atoms with Crippen molar-refractivity contribution in [1.29, 1.82) is 0 Å². The summed E-state index contributed by atoms with van der Waals surface area (Å²) in [7, 11) is 5.28. The van der Waals surface area contributed by atoms with Crippen molar-refractivity contribution in [3.63, 3.8) is 0 Å². The van der Waals surface area contributed by atoms with Crippen molar-refractivity contribution in [3.05, 3.63) is 0 Å². The van der Waals surface area contributed by atoms with Crippen LogP contribution >= 0.6 is 0 Å². The molecular formula is C16H29N5O5. The lowest BCUT2D eigenvalue weighted by atomic mass is 10.0. The summed E-state index contributed by atoms with van der Waals surface area (Å²) in [5, 5.41) is 4.41. The molecule has 0 aliphatic rings. The predicted molar refractivity (Wildman–Crippen MR) is 95.2 cm³/mol. The lowest BCUT2D eigenvalue weighted by Crippen LogP contribution is -2.56. The van der Waals surface area contributed by atoms with Gasteiger partial charge in [0.1, 0.15) is 6.04 Å². The van der Waals surface area contributed by atoms with E-state index in [1.807, 2.05) is 13.8 Å². The summed E-state index contributed by atoms with van der Waals surface area (Å²) >= 11 is 0. The van der Waals surface area contributed by atoms with E-state index in [4.69, 9.17) is 0 Å². The Morgan fingerprint density at radius 3 is 1.88 bits per heavy atom. The van der Waals surface area contributed by atoms with Gasteiger partial charge in [0.05, 0.1) is 0 Å². The van der Waals surface area contributed by atoms with Gasteiger partial charge in [0.2, 0.25) is 5.91 Å². The maximum Gasteiger partial charge on any atom is 0.331 e. The fourth-order valence-electron chi connectivity index (χ4n) is 2.11. The van der Waals surface area contributed by atoms with Crippen molar-refractivity contribution in [1.82, 2.24) is 25.3 Å². The molecule has 0 heterocycles. The number of carbonyl (C=O) groups is 5. The molecule has 0 fully saturated rings. The average molecular weight is 371 g/mol. The van der Waals surface area contributed by atoms with Crippen LogP contribution in [0.1, 0.15) is 33.6 Å². The second-order valence-corrected chi connectivity index (χ2v) is 6.26. The number of hydrogen-bond acceptors (Lipinski definition) is 5. The van der Waals surface area contributed by atoms with Crippen LogP contribution in [0.4, 0.5) is 14.4 Å². The van der Waals surface area contributed by atoms with Crippen molar-refractivity contribution in [2.24, 2.45) is 5.92 Å². The Morgan fingerprint density at radius 1 is 0.923 bits per heavy atom. The molecule has 10 heteroatoms. The summed E-state index contributed by atoms with van der Waals surface area (Å²) in [5.41, 5.74) is 0. The molecule has 0 radical (unpaired) electrons. The summed E-state index contributed by atoms with van der Waals surface area (Å²) in [5.74, 6) is -1.04. The van der Waals surface area contributed by atoms with Crippen molar-refractivity contribution < 1.29 is 24.0 Å². The van der Waals surface area contributed by atoms with E-state index < -0.39 is 35.9 Å². The molecule has 8 amide bonds. The smallest absolute Gasteiger partial charge is 0.331 e. The average Bonchev–Trinajstić information content (AvgIpc) is 2.61. The SMILES string of the molecule is CCC(=O)NC(=O)N(C)C(=O)N(C)C(CC(C)C)C(=O)N(C)C(=O)NC. The van der Waals surface area contributed by atoms with Crippen LogP contribution in [0.2, 0.25) is 0 Å². The molecule has 0 bridgehead atoms. The van der Waals surface area contributed by atoms with Gasteiger partial charge in [-0.2, -0.15) is 0 Å². The van der Waals surface area contributed by atoms with Gasteiger partial charge in [-0.25, -0.2) is 19.3 Å². The van der Waals surface area contributed by atoms with Crippen LogP contribution in [-0.4, -0.2) is 78.8 Å². The molecule has 0 aromatic carbocycles. The van der Waals surface area contributed by atoms with Crippen molar-refractivity contribution in [2.75, 3.05) is 28.2 Å². The summed E-state index contributed by atoms with van der Waals surface area (Å²) in [6.07, 6.45) is 0.390. The Bertz CT molecular complexity index is 563. The lowest BCUT2D eigenvalue weighted by molar-refractivity contribution is -0.132. The number of imide groups is 3. The fraction of sp³-hybridized carbons (Fsp3) is 0.688. The van der Waals surface area contributed by atoms with Crippen LogP contribution in [0.3, 0.4) is 0 Å². The number of carbonyl (C=O) groups excluding carboxylic acids is 5. The maximum atomic E-state index is 12.6. The third-order valence-electron chi connectivity index (χ3n) is 3.76. The molecule has 0 saturated heterocycles. The Labute approximate surface area is 153 Å². The maximum absolute atomic E-state index is 12.6. The molecule has 2 N–H and O–H groups in total. The zero-order chi connectivity index (χ0) is 20.6. The fourth-order valence-corrected chi connectivity index (χ4v) is 2.11. The summed E-state index contributed by atoms with van der Waals surface area (Å²) in [6.45, 7) is 5.31. The molecule has 148 valence electrons. The largest absolute Gasteiger partial charge is 0.341 e. The van der Waals surface area contributed by atoms with E-state index in [1.54, 1.807) is 6.92 Å². The molecule has 0 aliphatic heterocycles. The van der Waals surface area contributed by atoms with Crippen LogP contribution in [0.15, 0.2) is 0 Å². The second-order valence-electron chi connectivity index (χ2n) is 6.26. The van der Waals surface area contributed by atoms with Gasteiger partial charge in [0.25, 0.3) is 5.91 Å². The number of urea groups is 3. The Morgan fingerprint density at radius 2 is 1.46 bits per heavy atom. The van der Waals surface area contributed by atoms with Crippen molar-refractivity contribution >= 4 is 29.9 Å². The van der Waals surface area contributed by atoms with Gasteiger partial charge >= 0.3 is 18.1 Å². The minimum atomic E-state index is -0.943. The van der Waals surface area contributed by atoms with Gasteiger partial charge in [0.15, 0.2) is 0 Å². The van der Waals surface area contributed by atoms with Crippen molar-refractivity contribution in [3.8, 4) is 0 Å². The Kier molecular flexibility index (Phi) is 9.31. The summed E-state index contributed by atoms with van der Waals surface area (Å²) < 4.78 is 0. The molecule has 0 spiro atoms. The first kappa shape index (κ1) is 23.4. The molecule has 0 aromatic heterocycles. The molecule has 0 saturated carbocycles. The third kappa shape index (κ3) is 6.34. The topological polar surface area (TPSA) is 119 Å². The van der Waals surface area contributed by atoms with E-state index in [0.29, 0.717) is 11.3 Å². The van der Waals surface area contributed by atoms with Crippen molar-refractivity contribution in [2.45, 2.75) is 39.7 Å². The number of likely N-dealkylation sites (N-methyl/N-ethyl adjacent to an activating group) is 2. The van der Waals surface area contributed by atoms with E-state index >= 15 is 0 Å². The molecule has 1 unspecified atom stereocenters. The van der Waals surface area contributed by atoms with E-state index in [0.717, 1.165) is 9.80 Å². The van der Waals surface area contributed by atoms with Gasteiger partial charge in [-0.15, -0.1) is 0 Å². The number of rotatable bonds is 5. The minimum Gasteiger partial charge on any atom is -0.341 e. The minimum absolute atomic E-state index is 0.0538. The number of amides is 8. The van der Waals surface area contributed by atoms with E-state index in [2.05, 4.69) is 10.6 Å². The quantitative estimate of drug-likeness (QED) is 0.742. The second kappa shape index (κ2) is 10.4. The highest BCUT2D eigenvalue weighted by Crippen LogP contribution is 2.15. The Hall–Kier alpha value is -2.65. The van der Waals surface area contributed by atoms with Gasteiger partial charge < -0.3 is 10.2 Å². The first-order valence-electron chi connectivity index (χ1n) is 8.31. The highest BCUT2D eigenvalue weighted by Gasteiger charge is 2.34. The summed E-state index contributed by atoms with van der Waals surface area (Å²) in [4.78, 5) is 62.9. The predicted octanol–water partition coefficient (Wildman–Crippen LogP) is 0.829. The number of nitrogens with one attached hydrogen (secondary N) is 2. The van der Waals surface area contributed by atoms with E-state index in [9.17, 15) is 24.0 Å². The van der Waals surface area contributed by atoms with Crippen LogP contribution in [0, 0.1) is 5.92 Å². The van der Waals surface area contributed by atoms with Gasteiger partial charge in [-0.1, -0.05) is 20.8 Å². The van der Waals surface area contributed by atoms with Crippen LogP contribution < -0.4 is 10.6 Å². The zero-order valence-electron chi connectivity index (χ0n) is 16.5. The molecule has 0 aromatic rings. The molecule has 10 nitrogen and oxygen atoms in total. The standard InChI is InChI=1S/C16H29N5O5/c1-8-12(22)18-15(25)21(7)16(26)19(5)11(9-10(2)3)13(23)20(6)14(24)17-4/h10-11H,8-9H2,1-7H3,(H,17,24)(H,18,22,25). The van der Waals surface area contributed by atoms with Gasteiger partial charge in [0, 0.05) is 34.6 Å². The number of hydrogen-bond donors (Lipinski definition) is 2. The molecule has 0 rings (SSSR count). The van der Waals surface area contributed by atoms with E-state index in [-0.39, 0.29) is 12.3 Å². The van der Waals surface area contributed by atoms with Crippen LogP contribution in [0.25, 0.3) is 0 Å². The zero-order valence-corrected chi connectivity index (χ0v) is 16.5. The highest BCUT2D eigenvalue weighted by molar-refractivity contribution is 6.03. The number of nitrogens with zero attached hydrogens (tertiary/aromatic N) is 3. The first-order valence-corrected chi connectivity index (χ1v) is 8.31. The lowest BCUT2D eigenvalue weighted by Gasteiger charge is -2.33. The monoisotopic (exact) mass is 371 g/mol. The molecule has 1 atom stereocenters. The normalized spacial score (nSPS) is 11.4. The van der Waals surface area contributed by atoms with Gasteiger partial charge in [-0.3, -0.25) is 19.8 Å². The third-order valence-corrected chi connectivity index (χ3v) is 3.76. The molecule has 26 heavy (non-hydrogen) atoms. The van der Waals surface area contributed by atoms with E-state index in [1.165, 1.54) is 28.2 Å². The molecule has 0 aliphatic carbocycles.